The first-order valence-electron chi connectivity index (χ1n) is 8.86. The number of hydrogen-bond acceptors (Lipinski definition) is 5. The van der Waals surface area contributed by atoms with Crippen LogP contribution in [0.4, 0.5) is 5.88 Å². The second kappa shape index (κ2) is 7.22. The largest absolute Gasteiger partial charge is 0.497 e. The van der Waals surface area contributed by atoms with Crippen LogP contribution in [0, 0.1) is 0 Å². The summed E-state index contributed by atoms with van der Waals surface area (Å²) in [6.07, 6.45) is 0. The van der Waals surface area contributed by atoms with Crippen LogP contribution in [0.3, 0.4) is 0 Å². The van der Waals surface area contributed by atoms with Crippen molar-refractivity contribution in [2.75, 3.05) is 38.2 Å². The third kappa shape index (κ3) is 3.44. The van der Waals surface area contributed by atoms with Crippen LogP contribution in [0.15, 0.2) is 63.8 Å². The van der Waals surface area contributed by atoms with Crippen LogP contribution in [0.25, 0.3) is 11.0 Å². The number of rotatable bonds is 4. The van der Waals surface area contributed by atoms with Crippen LogP contribution in [-0.2, 0) is 6.54 Å². The maximum atomic E-state index is 12.5. The molecular formula is C21H22N2O3. The number of methoxy groups -OCH3 is 1. The van der Waals surface area contributed by atoms with E-state index in [0.29, 0.717) is 22.6 Å². The van der Waals surface area contributed by atoms with E-state index in [4.69, 9.17) is 9.15 Å². The minimum Gasteiger partial charge on any atom is -0.497 e. The Morgan fingerprint density at radius 1 is 1.00 bits per heavy atom. The molecule has 0 unspecified atom stereocenters. The van der Waals surface area contributed by atoms with Gasteiger partial charge in [-0.1, -0.05) is 30.3 Å². The average molecular weight is 350 g/mol. The molecule has 5 heteroatoms. The lowest BCUT2D eigenvalue weighted by Gasteiger charge is -2.35. The fraction of sp³-hybridized carbons (Fsp3) is 0.286. The van der Waals surface area contributed by atoms with Gasteiger partial charge in [-0.3, -0.25) is 9.69 Å². The second-order valence-electron chi connectivity index (χ2n) is 6.56. The van der Waals surface area contributed by atoms with Gasteiger partial charge in [-0.25, -0.2) is 0 Å². The molecule has 134 valence electrons. The van der Waals surface area contributed by atoms with E-state index in [1.807, 2.05) is 12.1 Å². The van der Waals surface area contributed by atoms with Crippen molar-refractivity contribution < 1.29 is 9.15 Å². The van der Waals surface area contributed by atoms with E-state index in [1.165, 1.54) is 5.56 Å². The second-order valence-corrected chi connectivity index (χ2v) is 6.56. The van der Waals surface area contributed by atoms with Crippen molar-refractivity contribution >= 4 is 16.9 Å². The van der Waals surface area contributed by atoms with E-state index >= 15 is 0 Å². The normalized spacial score (nSPS) is 15.3. The van der Waals surface area contributed by atoms with Gasteiger partial charge in [-0.2, -0.15) is 0 Å². The predicted octanol–water partition coefficient (Wildman–Crippen LogP) is 3.12. The third-order valence-electron chi connectivity index (χ3n) is 4.85. The summed E-state index contributed by atoms with van der Waals surface area (Å²) in [6.45, 7) is 4.53. The van der Waals surface area contributed by atoms with Crippen molar-refractivity contribution in [3.8, 4) is 5.75 Å². The standard InChI is InChI=1S/C21H22N2O3/c1-25-17-7-8-20-18(13-17)19(24)14-21(26-20)23-11-9-22(10-12-23)15-16-5-3-2-4-6-16/h2-8,13-14H,9-12,15H2,1H3. The molecule has 0 bridgehead atoms. The van der Waals surface area contributed by atoms with Gasteiger partial charge < -0.3 is 14.1 Å². The van der Waals surface area contributed by atoms with Crippen molar-refractivity contribution in [3.63, 3.8) is 0 Å². The van der Waals surface area contributed by atoms with E-state index < -0.39 is 0 Å². The van der Waals surface area contributed by atoms with Crippen molar-refractivity contribution in [2.45, 2.75) is 6.54 Å². The molecule has 1 saturated heterocycles. The molecule has 5 nitrogen and oxygen atoms in total. The lowest BCUT2D eigenvalue weighted by atomic mass is 10.2. The van der Waals surface area contributed by atoms with Crippen LogP contribution in [-0.4, -0.2) is 38.2 Å². The zero-order valence-electron chi connectivity index (χ0n) is 14.9. The van der Waals surface area contributed by atoms with Crippen LogP contribution < -0.4 is 15.1 Å². The van der Waals surface area contributed by atoms with Crippen LogP contribution in [0.2, 0.25) is 0 Å². The highest BCUT2D eigenvalue weighted by molar-refractivity contribution is 5.79. The minimum absolute atomic E-state index is 0.0353. The fourth-order valence-electron chi connectivity index (χ4n) is 3.37. The molecule has 1 aromatic heterocycles. The number of ether oxygens (including phenoxy) is 1. The first kappa shape index (κ1) is 16.7. The number of piperazine rings is 1. The van der Waals surface area contributed by atoms with Crippen molar-refractivity contribution in [2.24, 2.45) is 0 Å². The van der Waals surface area contributed by atoms with Gasteiger partial charge >= 0.3 is 0 Å². The van der Waals surface area contributed by atoms with Gasteiger partial charge in [0.05, 0.1) is 12.5 Å². The minimum atomic E-state index is -0.0353. The summed E-state index contributed by atoms with van der Waals surface area (Å²) < 4.78 is 11.2. The molecule has 1 fully saturated rings. The molecule has 0 N–H and O–H groups in total. The molecule has 4 rings (SSSR count). The zero-order valence-corrected chi connectivity index (χ0v) is 14.9. The van der Waals surface area contributed by atoms with E-state index in [1.54, 1.807) is 25.3 Å². The molecule has 2 aromatic carbocycles. The Morgan fingerprint density at radius 2 is 1.77 bits per heavy atom. The SMILES string of the molecule is COc1ccc2oc(N3CCN(Cc4ccccc4)CC3)cc(=O)c2c1. The third-order valence-corrected chi connectivity index (χ3v) is 4.85. The quantitative estimate of drug-likeness (QED) is 0.723. The number of nitrogens with zero attached hydrogens (tertiary/aromatic N) is 2. The average Bonchev–Trinajstić information content (AvgIpc) is 2.69. The highest BCUT2D eigenvalue weighted by atomic mass is 16.5. The van der Waals surface area contributed by atoms with E-state index in [9.17, 15) is 4.79 Å². The van der Waals surface area contributed by atoms with Gasteiger partial charge in [0.25, 0.3) is 0 Å². The molecule has 2 heterocycles. The van der Waals surface area contributed by atoms with E-state index in [2.05, 4.69) is 34.1 Å². The van der Waals surface area contributed by atoms with Gasteiger partial charge in [-0.05, 0) is 23.8 Å². The lowest BCUT2D eigenvalue weighted by molar-refractivity contribution is 0.246. The molecule has 0 saturated carbocycles. The summed E-state index contributed by atoms with van der Waals surface area (Å²) in [4.78, 5) is 17.0. The van der Waals surface area contributed by atoms with Gasteiger partial charge in [0.1, 0.15) is 11.3 Å². The maximum absolute atomic E-state index is 12.5. The summed E-state index contributed by atoms with van der Waals surface area (Å²) in [5.41, 5.74) is 1.89. The van der Waals surface area contributed by atoms with Gasteiger partial charge in [0.15, 0.2) is 11.3 Å². The Hall–Kier alpha value is -2.79. The molecule has 0 amide bonds. The van der Waals surface area contributed by atoms with E-state index in [-0.39, 0.29) is 5.43 Å². The summed E-state index contributed by atoms with van der Waals surface area (Å²) in [5, 5.41) is 0.552. The highest BCUT2D eigenvalue weighted by Gasteiger charge is 2.20. The van der Waals surface area contributed by atoms with E-state index in [0.717, 1.165) is 32.7 Å². The number of fused-ring (bicyclic) bond motifs is 1. The zero-order chi connectivity index (χ0) is 17.9. The molecule has 26 heavy (non-hydrogen) atoms. The molecule has 1 aliphatic heterocycles. The first-order chi connectivity index (χ1) is 12.7. The Labute approximate surface area is 152 Å². The Balaban J connectivity index is 1.48. The summed E-state index contributed by atoms with van der Waals surface area (Å²) >= 11 is 0. The topological polar surface area (TPSA) is 45.9 Å². The van der Waals surface area contributed by atoms with Crippen LogP contribution in [0.1, 0.15) is 5.56 Å². The molecular weight excluding hydrogens is 328 g/mol. The summed E-state index contributed by atoms with van der Waals surface area (Å²) in [5.74, 6) is 1.30. The number of anilines is 1. The summed E-state index contributed by atoms with van der Waals surface area (Å²) in [7, 11) is 1.59. The molecule has 0 radical (unpaired) electrons. The van der Waals surface area contributed by atoms with Crippen molar-refractivity contribution in [1.82, 2.24) is 4.90 Å². The molecule has 0 atom stereocenters. The van der Waals surface area contributed by atoms with Gasteiger partial charge in [-0.15, -0.1) is 0 Å². The van der Waals surface area contributed by atoms with Crippen LogP contribution in [0.5, 0.6) is 5.75 Å². The Bertz CT molecular complexity index is 944. The fourth-order valence-corrected chi connectivity index (χ4v) is 3.37. The smallest absolute Gasteiger partial charge is 0.200 e. The van der Waals surface area contributed by atoms with Crippen molar-refractivity contribution in [3.05, 3.63) is 70.4 Å². The first-order valence-corrected chi connectivity index (χ1v) is 8.86. The summed E-state index contributed by atoms with van der Waals surface area (Å²) in [6, 6.07) is 17.4. The lowest BCUT2D eigenvalue weighted by Crippen LogP contribution is -2.46. The highest BCUT2D eigenvalue weighted by Crippen LogP contribution is 2.23. The maximum Gasteiger partial charge on any atom is 0.200 e. The van der Waals surface area contributed by atoms with Gasteiger partial charge in [0, 0.05) is 38.8 Å². The molecule has 0 spiro atoms. The molecule has 3 aromatic rings. The Kier molecular flexibility index (Phi) is 4.63. The Morgan fingerprint density at radius 3 is 2.50 bits per heavy atom. The molecule has 0 aliphatic carbocycles. The predicted molar refractivity (Wildman–Crippen MR) is 103 cm³/mol. The van der Waals surface area contributed by atoms with Gasteiger partial charge in [0.2, 0.25) is 0 Å². The van der Waals surface area contributed by atoms with Crippen molar-refractivity contribution in [1.29, 1.82) is 0 Å². The number of benzene rings is 2. The monoisotopic (exact) mass is 350 g/mol. The number of hydrogen-bond donors (Lipinski definition) is 0. The van der Waals surface area contributed by atoms with Crippen LogP contribution >= 0.6 is 0 Å². The molecule has 1 aliphatic rings.